The molecule has 1 amide bonds. The molecule has 2 aliphatic heterocycles. The molecule has 33 heavy (non-hydrogen) atoms. The zero-order valence-electron chi connectivity index (χ0n) is 18.9. The van der Waals surface area contributed by atoms with E-state index in [0.29, 0.717) is 30.9 Å². The molecule has 2 aromatic rings. The lowest BCUT2D eigenvalue weighted by Crippen LogP contribution is -2.54. The van der Waals surface area contributed by atoms with Gasteiger partial charge in [0.05, 0.1) is 0 Å². The van der Waals surface area contributed by atoms with Gasteiger partial charge in [-0.3, -0.25) is 9.69 Å². The maximum absolute atomic E-state index is 13.2. The number of hydrogen-bond donors (Lipinski definition) is 1. The number of carbonyl (C=O) groups is 1. The third-order valence-corrected chi connectivity index (χ3v) is 8.93. The summed E-state index contributed by atoms with van der Waals surface area (Å²) < 4.78 is 18.7. The van der Waals surface area contributed by atoms with Crippen LogP contribution in [0.15, 0.2) is 24.4 Å². The maximum Gasteiger partial charge on any atom is 0.229 e. The normalized spacial score (nSPS) is 29.7. The molecule has 0 radical (unpaired) electrons. The number of likely N-dealkylation sites (tertiary alicyclic amines) is 1. The zero-order valence-corrected chi connectivity index (χ0v) is 19.6. The Kier molecular flexibility index (Phi) is 5.58. The second-order valence-corrected chi connectivity index (χ2v) is 11.0. The van der Waals surface area contributed by atoms with Crippen molar-refractivity contribution in [2.75, 3.05) is 31.6 Å². The molecule has 5 nitrogen and oxygen atoms in total. The fourth-order valence-electron chi connectivity index (χ4n) is 6.33. The average Bonchev–Trinajstić information content (AvgIpc) is 3.50. The number of nitrogens with one attached hydrogen (secondary N) is 1. The number of pyridine rings is 1. The number of anilines is 1. The summed E-state index contributed by atoms with van der Waals surface area (Å²) in [4.78, 5) is 19.6. The molecule has 6 rings (SSSR count). The summed E-state index contributed by atoms with van der Waals surface area (Å²) in [6.07, 6.45) is 8.42. The number of hydrogen-bond acceptors (Lipinski definition) is 4. The van der Waals surface area contributed by atoms with Crippen LogP contribution in [0.1, 0.15) is 56.4 Å². The van der Waals surface area contributed by atoms with Crippen LogP contribution in [-0.2, 0) is 9.53 Å². The topological polar surface area (TPSA) is 54.5 Å². The SMILES string of the molecule is O=C(Nc1cc2cc([C@H]3CC[C@@H](N4CC(F)C4)CC3)c(Cl)cc2cn1)[C@H]1CC12CCOCC2. The zero-order chi connectivity index (χ0) is 22.6. The molecule has 3 heterocycles. The summed E-state index contributed by atoms with van der Waals surface area (Å²) in [5.74, 6) is 1.19. The van der Waals surface area contributed by atoms with Crippen LogP contribution in [0.5, 0.6) is 0 Å². The van der Waals surface area contributed by atoms with Crippen LogP contribution < -0.4 is 5.32 Å². The maximum atomic E-state index is 13.2. The van der Waals surface area contributed by atoms with Crippen molar-refractivity contribution in [3.8, 4) is 0 Å². The molecule has 2 saturated heterocycles. The quantitative estimate of drug-likeness (QED) is 0.655. The number of nitrogens with zero attached hydrogens (tertiary/aromatic N) is 2. The van der Waals surface area contributed by atoms with E-state index in [-0.39, 0.29) is 17.2 Å². The van der Waals surface area contributed by atoms with E-state index in [4.69, 9.17) is 16.3 Å². The Morgan fingerprint density at radius 2 is 1.88 bits per heavy atom. The van der Waals surface area contributed by atoms with E-state index in [2.05, 4.69) is 21.3 Å². The van der Waals surface area contributed by atoms with Crippen molar-refractivity contribution in [1.29, 1.82) is 0 Å². The summed E-state index contributed by atoms with van der Waals surface area (Å²) >= 11 is 6.68. The van der Waals surface area contributed by atoms with Crippen LogP contribution >= 0.6 is 11.6 Å². The van der Waals surface area contributed by atoms with E-state index in [1.165, 1.54) is 5.56 Å². The van der Waals surface area contributed by atoms with Gasteiger partial charge in [-0.05, 0) is 85.4 Å². The number of rotatable bonds is 4. The van der Waals surface area contributed by atoms with Crippen molar-refractivity contribution >= 4 is 34.1 Å². The molecule has 0 bridgehead atoms. The Balaban J connectivity index is 1.14. The minimum atomic E-state index is -0.636. The molecule has 1 atom stereocenters. The van der Waals surface area contributed by atoms with Gasteiger partial charge in [0.2, 0.25) is 5.91 Å². The van der Waals surface area contributed by atoms with E-state index >= 15 is 0 Å². The molecule has 4 aliphatic rings. The molecule has 4 fully saturated rings. The molecule has 1 aromatic heterocycles. The summed E-state index contributed by atoms with van der Waals surface area (Å²) in [7, 11) is 0. The number of ether oxygens (including phenoxy) is 1. The van der Waals surface area contributed by atoms with Gasteiger partial charge in [-0.1, -0.05) is 11.6 Å². The van der Waals surface area contributed by atoms with Crippen LogP contribution in [-0.4, -0.2) is 54.3 Å². The van der Waals surface area contributed by atoms with Crippen LogP contribution in [0.25, 0.3) is 10.8 Å². The fourth-order valence-corrected chi connectivity index (χ4v) is 6.66. The van der Waals surface area contributed by atoms with Crippen LogP contribution in [0.3, 0.4) is 0 Å². The van der Waals surface area contributed by atoms with Crippen molar-refractivity contribution < 1.29 is 13.9 Å². The summed E-state index contributed by atoms with van der Waals surface area (Å²) in [5.41, 5.74) is 1.33. The largest absolute Gasteiger partial charge is 0.381 e. The molecular formula is C26H31ClFN3O2. The van der Waals surface area contributed by atoms with Crippen molar-refractivity contribution in [1.82, 2.24) is 9.88 Å². The van der Waals surface area contributed by atoms with Gasteiger partial charge in [0.15, 0.2) is 0 Å². The predicted molar refractivity (Wildman–Crippen MR) is 127 cm³/mol. The van der Waals surface area contributed by atoms with Gasteiger partial charge < -0.3 is 10.1 Å². The Hall–Kier alpha value is -1.76. The molecule has 2 aliphatic carbocycles. The lowest BCUT2D eigenvalue weighted by molar-refractivity contribution is -0.118. The highest BCUT2D eigenvalue weighted by molar-refractivity contribution is 6.32. The average molecular weight is 472 g/mol. The fraction of sp³-hybridized carbons (Fsp3) is 0.615. The van der Waals surface area contributed by atoms with Crippen molar-refractivity contribution in [3.05, 3.63) is 35.0 Å². The van der Waals surface area contributed by atoms with E-state index < -0.39 is 6.17 Å². The first-order valence-electron chi connectivity index (χ1n) is 12.4. The number of amides is 1. The number of carbonyl (C=O) groups excluding carboxylic acids is 1. The molecule has 176 valence electrons. The monoisotopic (exact) mass is 471 g/mol. The van der Waals surface area contributed by atoms with Gasteiger partial charge in [-0.25, -0.2) is 9.37 Å². The minimum absolute atomic E-state index is 0.0777. The van der Waals surface area contributed by atoms with Crippen molar-refractivity contribution in [2.24, 2.45) is 11.3 Å². The summed E-state index contributed by atoms with van der Waals surface area (Å²) in [6.45, 7) is 2.72. The Bertz CT molecular complexity index is 1060. The molecule has 1 spiro atoms. The van der Waals surface area contributed by atoms with Crippen LogP contribution in [0.4, 0.5) is 10.2 Å². The van der Waals surface area contributed by atoms with Crippen molar-refractivity contribution in [2.45, 2.75) is 63.1 Å². The molecule has 7 heteroatoms. The predicted octanol–water partition coefficient (Wildman–Crippen LogP) is 5.32. The minimum Gasteiger partial charge on any atom is -0.381 e. The lowest BCUT2D eigenvalue weighted by atomic mass is 9.80. The number of aromatic nitrogens is 1. The highest BCUT2D eigenvalue weighted by Gasteiger charge is 2.58. The van der Waals surface area contributed by atoms with E-state index in [1.807, 2.05) is 12.1 Å². The van der Waals surface area contributed by atoms with Gasteiger partial charge in [0, 0.05) is 54.9 Å². The summed E-state index contributed by atoms with van der Waals surface area (Å²) in [6, 6.07) is 6.66. The highest BCUT2D eigenvalue weighted by Crippen LogP contribution is 2.59. The standard InChI is InChI=1S/C26H31ClFN3O2/c27-23-10-18-13-29-24(30-25(32)22-12-26(22)5-7-33-8-6-26)11-17(18)9-21(23)16-1-3-20(4-2-16)31-14-19(28)15-31/h9-11,13,16,19-20,22H,1-8,12,14-15H2,(H,29,30,32)/t16-,20+,22-/m1/s1. The Labute approximate surface area is 199 Å². The molecule has 1 N–H and O–H groups in total. The lowest BCUT2D eigenvalue weighted by Gasteiger charge is -2.43. The van der Waals surface area contributed by atoms with E-state index in [9.17, 15) is 9.18 Å². The van der Waals surface area contributed by atoms with Gasteiger partial charge in [0.1, 0.15) is 12.0 Å². The molecule has 2 saturated carbocycles. The Morgan fingerprint density at radius 1 is 1.12 bits per heavy atom. The second kappa shape index (κ2) is 8.47. The van der Waals surface area contributed by atoms with Gasteiger partial charge in [0.25, 0.3) is 0 Å². The first-order chi connectivity index (χ1) is 16.0. The van der Waals surface area contributed by atoms with Crippen molar-refractivity contribution in [3.63, 3.8) is 0 Å². The Morgan fingerprint density at radius 3 is 2.61 bits per heavy atom. The van der Waals surface area contributed by atoms with Gasteiger partial charge in [-0.2, -0.15) is 0 Å². The third kappa shape index (κ3) is 4.15. The van der Waals surface area contributed by atoms with Crippen LogP contribution in [0, 0.1) is 11.3 Å². The second-order valence-electron chi connectivity index (χ2n) is 10.6. The molecule has 1 aromatic carbocycles. The number of fused-ring (bicyclic) bond motifs is 1. The number of alkyl halides is 1. The third-order valence-electron chi connectivity index (χ3n) is 8.60. The summed E-state index contributed by atoms with van der Waals surface area (Å²) in [5, 5.41) is 5.89. The van der Waals surface area contributed by atoms with E-state index in [1.54, 1.807) is 6.20 Å². The first kappa shape index (κ1) is 21.8. The van der Waals surface area contributed by atoms with Gasteiger partial charge in [-0.15, -0.1) is 0 Å². The van der Waals surface area contributed by atoms with E-state index in [0.717, 1.165) is 74.0 Å². The van der Waals surface area contributed by atoms with Crippen LogP contribution in [0.2, 0.25) is 5.02 Å². The smallest absolute Gasteiger partial charge is 0.229 e. The number of benzene rings is 1. The number of halogens is 2. The highest BCUT2D eigenvalue weighted by atomic mass is 35.5. The van der Waals surface area contributed by atoms with Gasteiger partial charge >= 0.3 is 0 Å². The first-order valence-corrected chi connectivity index (χ1v) is 12.7. The molecular weight excluding hydrogens is 441 g/mol. The molecule has 0 unspecified atom stereocenters.